The maximum Gasteiger partial charge on any atom is 0.0659 e. The second-order valence-corrected chi connectivity index (χ2v) is 6.50. The van der Waals surface area contributed by atoms with Gasteiger partial charge in [-0.05, 0) is 37.1 Å². The Kier molecular flexibility index (Phi) is 5.38. The number of aryl methyl sites for hydroxylation is 1. The molecule has 2 rings (SSSR count). The van der Waals surface area contributed by atoms with E-state index in [1.54, 1.807) is 0 Å². The molecule has 0 saturated heterocycles. The summed E-state index contributed by atoms with van der Waals surface area (Å²) < 4.78 is 3.13. The second-order valence-electron chi connectivity index (χ2n) is 5.59. The van der Waals surface area contributed by atoms with E-state index in [9.17, 15) is 0 Å². The molecule has 3 nitrogen and oxygen atoms in total. The molecule has 0 saturated carbocycles. The fourth-order valence-corrected chi connectivity index (χ4v) is 2.35. The van der Waals surface area contributed by atoms with Crippen molar-refractivity contribution in [3.8, 4) is 0 Å². The minimum absolute atomic E-state index is 0.674. The van der Waals surface area contributed by atoms with Gasteiger partial charge in [0.1, 0.15) is 0 Å². The lowest BCUT2D eigenvalue weighted by Gasteiger charge is -2.06. The molecule has 0 aliphatic heterocycles. The number of nitrogens with zero attached hydrogens (tertiary/aromatic N) is 2. The topological polar surface area (TPSA) is 29.9 Å². The van der Waals surface area contributed by atoms with E-state index in [0.29, 0.717) is 5.92 Å². The van der Waals surface area contributed by atoms with Crippen LogP contribution in [0.1, 0.15) is 30.7 Å². The number of nitrogens with one attached hydrogen (secondary N) is 1. The van der Waals surface area contributed by atoms with Crippen LogP contribution in [-0.4, -0.2) is 16.3 Å². The number of aromatic nitrogens is 2. The molecule has 20 heavy (non-hydrogen) atoms. The van der Waals surface area contributed by atoms with E-state index in [1.807, 2.05) is 4.68 Å². The van der Waals surface area contributed by atoms with Crippen molar-refractivity contribution in [3.05, 3.63) is 51.8 Å². The normalized spacial score (nSPS) is 11.2. The quantitative estimate of drug-likeness (QED) is 0.871. The maximum absolute atomic E-state index is 4.59. The molecule has 2 aromatic rings. The lowest BCUT2D eigenvalue weighted by Crippen LogP contribution is -2.19. The van der Waals surface area contributed by atoms with Crippen LogP contribution in [0.25, 0.3) is 0 Å². The van der Waals surface area contributed by atoms with Crippen molar-refractivity contribution in [2.24, 2.45) is 5.92 Å². The number of halogens is 1. The summed E-state index contributed by atoms with van der Waals surface area (Å²) in [6, 6.07) is 8.38. The molecule has 1 N–H and O–H groups in total. The smallest absolute Gasteiger partial charge is 0.0659 e. The lowest BCUT2D eigenvalue weighted by molar-refractivity contribution is 0.551. The van der Waals surface area contributed by atoms with Crippen molar-refractivity contribution in [2.75, 3.05) is 6.54 Å². The molecular formula is C16H22BrN3. The van der Waals surface area contributed by atoms with Crippen LogP contribution < -0.4 is 5.32 Å². The molecule has 1 heterocycles. The summed E-state index contributed by atoms with van der Waals surface area (Å²) in [5.74, 6) is 0.674. The van der Waals surface area contributed by atoms with Crippen LogP contribution >= 0.6 is 15.9 Å². The van der Waals surface area contributed by atoms with Crippen LogP contribution in [0, 0.1) is 12.8 Å². The molecule has 0 bridgehead atoms. The van der Waals surface area contributed by atoms with E-state index in [4.69, 9.17) is 0 Å². The molecule has 1 aromatic carbocycles. The maximum atomic E-state index is 4.59. The lowest BCUT2D eigenvalue weighted by atomic mass is 10.2. The van der Waals surface area contributed by atoms with Crippen molar-refractivity contribution in [1.82, 2.24) is 15.1 Å². The molecule has 0 unspecified atom stereocenters. The minimum atomic E-state index is 0.674. The zero-order chi connectivity index (χ0) is 14.5. The molecule has 0 radical (unpaired) electrons. The Bertz CT molecular complexity index is 543. The summed E-state index contributed by atoms with van der Waals surface area (Å²) in [5.41, 5.74) is 3.65. The van der Waals surface area contributed by atoms with Gasteiger partial charge in [0.15, 0.2) is 0 Å². The van der Waals surface area contributed by atoms with E-state index in [-0.39, 0.29) is 0 Å². The summed E-state index contributed by atoms with van der Waals surface area (Å²) in [6.45, 7) is 9.26. The monoisotopic (exact) mass is 335 g/mol. The average Bonchev–Trinajstić information content (AvgIpc) is 2.72. The van der Waals surface area contributed by atoms with Crippen molar-refractivity contribution < 1.29 is 0 Å². The Balaban J connectivity index is 1.97. The van der Waals surface area contributed by atoms with Gasteiger partial charge in [0.2, 0.25) is 0 Å². The first-order valence-electron chi connectivity index (χ1n) is 7.02. The van der Waals surface area contributed by atoms with E-state index in [1.165, 1.54) is 11.1 Å². The van der Waals surface area contributed by atoms with Crippen LogP contribution in [0.5, 0.6) is 0 Å². The first-order chi connectivity index (χ1) is 9.54. The van der Waals surface area contributed by atoms with E-state index >= 15 is 0 Å². The van der Waals surface area contributed by atoms with E-state index in [0.717, 1.165) is 29.8 Å². The SMILES string of the molecule is Cc1nn(Cc2ccc(Br)cc2)cc1CNCC(C)C. The minimum Gasteiger partial charge on any atom is -0.312 e. The summed E-state index contributed by atoms with van der Waals surface area (Å²) in [5, 5.41) is 8.06. The summed E-state index contributed by atoms with van der Waals surface area (Å²) >= 11 is 3.46. The Labute approximate surface area is 129 Å². The zero-order valence-electron chi connectivity index (χ0n) is 12.4. The van der Waals surface area contributed by atoms with Gasteiger partial charge in [-0.2, -0.15) is 5.10 Å². The van der Waals surface area contributed by atoms with Crippen LogP contribution in [-0.2, 0) is 13.1 Å². The first kappa shape index (κ1) is 15.3. The third kappa shape index (κ3) is 4.46. The molecule has 0 atom stereocenters. The van der Waals surface area contributed by atoms with Crippen molar-refractivity contribution >= 4 is 15.9 Å². The van der Waals surface area contributed by atoms with Crippen LogP contribution in [0.3, 0.4) is 0 Å². The largest absolute Gasteiger partial charge is 0.312 e. The van der Waals surface area contributed by atoms with Crippen LogP contribution in [0.15, 0.2) is 34.9 Å². The van der Waals surface area contributed by atoms with Crippen molar-refractivity contribution in [1.29, 1.82) is 0 Å². The number of benzene rings is 1. The summed E-state index contributed by atoms with van der Waals surface area (Å²) in [7, 11) is 0. The fraction of sp³-hybridized carbons (Fsp3) is 0.438. The van der Waals surface area contributed by atoms with Gasteiger partial charge in [0.05, 0.1) is 12.2 Å². The molecule has 0 fully saturated rings. The Morgan fingerprint density at radius 1 is 1.25 bits per heavy atom. The highest BCUT2D eigenvalue weighted by molar-refractivity contribution is 9.10. The molecule has 0 aliphatic carbocycles. The Morgan fingerprint density at radius 3 is 2.60 bits per heavy atom. The molecule has 1 aromatic heterocycles. The van der Waals surface area contributed by atoms with E-state index < -0.39 is 0 Å². The number of hydrogen-bond acceptors (Lipinski definition) is 2. The predicted molar refractivity (Wildman–Crippen MR) is 86.8 cm³/mol. The third-order valence-electron chi connectivity index (χ3n) is 3.17. The highest BCUT2D eigenvalue weighted by Crippen LogP contribution is 2.12. The average molecular weight is 336 g/mol. The van der Waals surface area contributed by atoms with Crippen molar-refractivity contribution in [2.45, 2.75) is 33.9 Å². The number of hydrogen-bond donors (Lipinski definition) is 1. The molecule has 0 aliphatic rings. The van der Waals surface area contributed by atoms with Gasteiger partial charge in [-0.3, -0.25) is 4.68 Å². The second kappa shape index (κ2) is 7.04. The molecule has 0 spiro atoms. The fourth-order valence-electron chi connectivity index (χ4n) is 2.09. The third-order valence-corrected chi connectivity index (χ3v) is 3.70. The highest BCUT2D eigenvalue weighted by atomic mass is 79.9. The Morgan fingerprint density at radius 2 is 1.95 bits per heavy atom. The Hall–Kier alpha value is -1.13. The van der Waals surface area contributed by atoms with Gasteiger partial charge >= 0.3 is 0 Å². The van der Waals surface area contributed by atoms with Gasteiger partial charge < -0.3 is 5.32 Å². The predicted octanol–water partition coefficient (Wildman–Crippen LogP) is 3.75. The van der Waals surface area contributed by atoms with Gasteiger partial charge in [-0.1, -0.05) is 41.9 Å². The molecular weight excluding hydrogens is 314 g/mol. The zero-order valence-corrected chi connectivity index (χ0v) is 13.9. The van der Waals surface area contributed by atoms with Gasteiger partial charge in [-0.15, -0.1) is 0 Å². The van der Waals surface area contributed by atoms with E-state index in [2.05, 4.69) is 77.6 Å². The standard InChI is InChI=1S/C16H22BrN3/c1-12(2)8-18-9-15-11-20(19-13(15)3)10-14-4-6-16(17)7-5-14/h4-7,11-12,18H,8-10H2,1-3H3. The first-order valence-corrected chi connectivity index (χ1v) is 7.82. The molecule has 108 valence electrons. The van der Waals surface area contributed by atoms with Crippen LogP contribution in [0.2, 0.25) is 0 Å². The van der Waals surface area contributed by atoms with Gasteiger partial charge in [0, 0.05) is 22.8 Å². The van der Waals surface area contributed by atoms with Gasteiger partial charge in [0.25, 0.3) is 0 Å². The summed E-state index contributed by atoms with van der Waals surface area (Å²) in [6.07, 6.45) is 2.14. The van der Waals surface area contributed by atoms with Crippen LogP contribution in [0.4, 0.5) is 0 Å². The summed E-state index contributed by atoms with van der Waals surface area (Å²) in [4.78, 5) is 0. The number of rotatable bonds is 6. The highest BCUT2D eigenvalue weighted by Gasteiger charge is 2.05. The molecule has 4 heteroatoms. The van der Waals surface area contributed by atoms with Gasteiger partial charge in [-0.25, -0.2) is 0 Å². The van der Waals surface area contributed by atoms with Crippen molar-refractivity contribution in [3.63, 3.8) is 0 Å². The molecule has 0 amide bonds.